The number of nitrogens with two attached hydrogens (primary N) is 2. The summed E-state index contributed by atoms with van der Waals surface area (Å²) >= 11 is 0. The van der Waals surface area contributed by atoms with Gasteiger partial charge in [-0.15, -0.1) is 5.10 Å². The quantitative estimate of drug-likeness (QED) is 0.242. The Morgan fingerprint density at radius 3 is 2.72 bits per heavy atom. The average Bonchev–Trinajstić information content (AvgIpc) is 3.63. The lowest BCUT2D eigenvalue weighted by atomic mass is 10.1. The minimum absolute atomic E-state index is 0.0262. The van der Waals surface area contributed by atoms with Crippen molar-refractivity contribution in [3.63, 3.8) is 0 Å². The highest BCUT2D eigenvalue weighted by atomic mass is 32.2. The summed E-state index contributed by atoms with van der Waals surface area (Å²) in [4.78, 5) is 36.7. The van der Waals surface area contributed by atoms with Gasteiger partial charge >= 0.3 is 0 Å². The fraction of sp³-hybridized carbons (Fsp3) is 0.103. The molecule has 2 aromatic carbocycles. The van der Waals surface area contributed by atoms with Crippen molar-refractivity contribution in [2.24, 2.45) is 5.73 Å². The van der Waals surface area contributed by atoms with Crippen molar-refractivity contribution in [2.75, 3.05) is 11.6 Å². The number of rotatable bonds is 6. The number of para-hydroxylation sites is 1. The Hall–Kier alpha value is -5.65. The van der Waals surface area contributed by atoms with Gasteiger partial charge in [-0.2, -0.15) is 9.19 Å². The van der Waals surface area contributed by atoms with Crippen LogP contribution in [0.15, 0.2) is 84.2 Å². The summed E-state index contributed by atoms with van der Waals surface area (Å²) in [6, 6.07) is 15.1. The molecule has 4 aromatic heterocycles. The number of hydrogen-bond acceptors (Lipinski definition) is 9. The number of nitrogen functional groups attached to an aromatic ring is 1. The van der Waals surface area contributed by atoms with Gasteiger partial charge in [-0.3, -0.25) is 14.2 Å². The van der Waals surface area contributed by atoms with E-state index >= 15 is 0 Å². The second-order valence-electron chi connectivity index (χ2n) is 9.36. The van der Waals surface area contributed by atoms with E-state index in [-0.39, 0.29) is 22.8 Å². The van der Waals surface area contributed by atoms with Crippen molar-refractivity contribution in [1.82, 2.24) is 38.7 Å². The monoisotopic (exact) mass is 592 g/mol. The summed E-state index contributed by atoms with van der Waals surface area (Å²) in [6.45, 7) is 1.73. The number of carbonyl (C=O) groups excluding carboxylic acids is 1. The number of anilines is 1. The molecular weight excluding hydrogens is 568 g/mol. The van der Waals surface area contributed by atoms with E-state index in [2.05, 4.69) is 32.3 Å². The molecule has 4 heterocycles. The summed E-state index contributed by atoms with van der Waals surface area (Å²) in [5.41, 5.74) is 13.5. The lowest BCUT2D eigenvalue weighted by Gasteiger charge is -2.20. The second-order valence-corrected chi connectivity index (χ2v) is 10.7. The summed E-state index contributed by atoms with van der Waals surface area (Å²) in [6.07, 6.45) is 6.18. The third-order valence-electron chi connectivity index (χ3n) is 6.58. The molecule has 0 saturated carbocycles. The van der Waals surface area contributed by atoms with E-state index < -0.39 is 22.9 Å². The smallest absolute Gasteiger partial charge is 0.267 e. The average molecular weight is 593 g/mol. The predicted octanol–water partition coefficient (Wildman–Crippen LogP) is 1.53. The van der Waals surface area contributed by atoms with Gasteiger partial charge in [-0.25, -0.2) is 18.7 Å². The van der Waals surface area contributed by atoms with Crippen LogP contribution in [0.5, 0.6) is 0 Å². The van der Waals surface area contributed by atoms with E-state index in [1.807, 2.05) is 6.07 Å². The van der Waals surface area contributed by atoms with Crippen LogP contribution in [0.25, 0.3) is 22.2 Å². The molecule has 0 saturated heterocycles. The van der Waals surface area contributed by atoms with Crippen LogP contribution in [0.3, 0.4) is 0 Å². The third-order valence-corrected chi connectivity index (χ3v) is 7.48. The lowest BCUT2D eigenvalue weighted by Crippen LogP contribution is -2.33. The molecular formula is C29H24N10O3S. The fourth-order valence-corrected chi connectivity index (χ4v) is 5.16. The number of aromatic nitrogens is 7. The maximum Gasteiger partial charge on any atom is 0.267 e. The van der Waals surface area contributed by atoms with Gasteiger partial charge in [0, 0.05) is 18.0 Å². The molecule has 0 aliphatic carbocycles. The van der Waals surface area contributed by atoms with Crippen molar-refractivity contribution < 1.29 is 9.00 Å². The molecule has 1 amide bonds. The van der Waals surface area contributed by atoms with Gasteiger partial charge in [0.2, 0.25) is 0 Å². The molecule has 13 nitrogen and oxygen atoms in total. The minimum Gasteiger partial charge on any atom is -0.381 e. The van der Waals surface area contributed by atoms with Gasteiger partial charge in [0.05, 0.1) is 46.5 Å². The SMILES string of the molecule is CC(NC(=O)c1c(N)nn2cccnc12)c1nc2cccc(C#Cc3cnn(S(=O)CN)c3)c2c(=O)n1-c1ccccc1. The van der Waals surface area contributed by atoms with Crippen LogP contribution in [-0.4, -0.2) is 49.3 Å². The molecule has 0 aliphatic heterocycles. The van der Waals surface area contributed by atoms with Crippen LogP contribution in [0.4, 0.5) is 5.82 Å². The van der Waals surface area contributed by atoms with E-state index in [0.717, 1.165) is 0 Å². The van der Waals surface area contributed by atoms with Crippen LogP contribution >= 0.6 is 0 Å². The first-order chi connectivity index (χ1) is 20.9. The van der Waals surface area contributed by atoms with E-state index in [4.69, 9.17) is 16.5 Å². The summed E-state index contributed by atoms with van der Waals surface area (Å²) in [7, 11) is -1.49. The van der Waals surface area contributed by atoms with Gasteiger partial charge in [-0.1, -0.05) is 36.1 Å². The van der Waals surface area contributed by atoms with Gasteiger partial charge < -0.3 is 16.8 Å². The number of nitrogens with zero attached hydrogens (tertiary/aromatic N) is 7. The minimum atomic E-state index is -1.49. The Bertz CT molecular complexity index is 2160. The summed E-state index contributed by atoms with van der Waals surface area (Å²) in [5.74, 6) is 5.74. The molecule has 2 unspecified atom stereocenters. The predicted molar refractivity (Wildman–Crippen MR) is 161 cm³/mol. The largest absolute Gasteiger partial charge is 0.381 e. The lowest BCUT2D eigenvalue weighted by molar-refractivity contribution is 0.0940. The third kappa shape index (κ3) is 5.14. The van der Waals surface area contributed by atoms with Gasteiger partial charge in [-0.05, 0) is 37.3 Å². The summed E-state index contributed by atoms with van der Waals surface area (Å²) < 4.78 is 16.0. The molecule has 5 N–H and O–H groups in total. The van der Waals surface area contributed by atoms with E-state index in [1.54, 1.807) is 67.8 Å². The van der Waals surface area contributed by atoms with E-state index in [0.29, 0.717) is 39.2 Å². The molecule has 6 rings (SSSR count). The molecule has 0 aliphatic rings. The van der Waals surface area contributed by atoms with Crippen LogP contribution in [0, 0.1) is 11.8 Å². The maximum atomic E-state index is 14.2. The Morgan fingerprint density at radius 2 is 1.93 bits per heavy atom. The van der Waals surface area contributed by atoms with Crippen molar-refractivity contribution in [3.8, 4) is 17.5 Å². The Morgan fingerprint density at radius 1 is 1.12 bits per heavy atom. The van der Waals surface area contributed by atoms with Gasteiger partial charge in [0.25, 0.3) is 11.5 Å². The highest BCUT2D eigenvalue weighted by Crippen LogP contribution is 2.22. The molecule has 214 valence electrons. The van der Waals surface area contributed by atoms with Crippen molar-refractivity contribution >= 4 is 39.3 Å². The molecule has 14 heteroatoms. The van der Waals surface area contributed by atoms with E-state index in [1.165, 1.54) is 25.6 Å². The van der Waals surface area contributed by atoms with Crippen LogP contribution in [0.2, 0.25) is 0 Å². The Balaban J connectivity index is 1.45. The zero-order chi connectivity index (χ0) is 30.1. The molecule has 2 atom stereocenters. The maximum absolute atomic E-state index is 14.2. The number of fused-ring (bicyclic) bond motifs is 2. The Kier molecular flexibility index (Phi) is 7.24. The number of carbonyl (C=O) groups is 1. The van der Waals surface area contributed by atoms with Gasteiger partial charge in [0.1, 0.15) is 11.4 Å². The van der Waals surface area contributed by atoms with Crippen molar-refractivity contribution in [2.45, 2.75) is 13.0 Å². The highest BCUT2D eigenvalue weighted by Gasteiger charge is 2.24. The normalized spacial score (nSPS) is 12.5. The van der Waals surface area contributed by atoms with Crippen LogP contribution in [-0.2, 0) is 11.0 Å². The number of amides is 1. The number of hydrogen-bond donors (Lipinski definition) is 3. The van der Waals surface area contributed by atoms with Gasteiger partial charge in [0.15, 0.2) is 22.5 Å². The molecule has 0 fully saturated rings. The van der Waals surface area contributed by atoms with Crippen molar-refractivity contribution in [3.05, 3.63) is 112 Å². The molecule has 0 bridgehead atoms. The molecule has 6 aromatic rings. The van der Waals surface area contributed by atoms with Crippen LogP contribution in [0.1, 0.15) is 40.3 Å². The highest BCUT2D eigenvalue weighted by molar-refractivity contribution is 7.83. The topological polar surface area (TPSA) is 181 Å². The first-order valence-corrected chi connectivity index (χ1v) is 14.3. The number of nitrogens with one attached hydrogen (secondary N) is 1. The fourth-order valence-electron chi connectivity index (χ4n) is 4.62. The summed E-state index contributed by atoms with van der Waals surface area (Å²) in [5, 5.41) is 11.4. The zero-order valence-electron chi connectivity index (χ0n) is 22.7. The second kappa shape index (κ2) is 11.3. The Labute approximate surface area is 246 Å². The van der Waals surface area contributed by atoms with Crippen molar-refractivity contribution in [1.29, 1.82) is 0 Å². The first-order valence-electron chi connectivity index (χ1n) is 13.0. The van der Waals surface area contributed by atoms with E-state index in [9.17, 15) is 13.8 Å². The molecule has 43 heavy (non-hydrogen) atoms. The standard InChI is InChI=1S/C29H24N10O3S/c1-18(34-28(40)24-25(31)36-37-14-6-13-32-27(24)37)26-35-22-10-5-7-20(12-11-19-15-33-38(16-19)43(42)17-30)23(22)29(41)39(26)21-8-3-2-4-9-21/h2-10,13-16,18H,17,30H2,1H3,(H2,31,36)(H,34,40). The molecule has 0 spiro atoms. The zero-order valence-corrected chi connectivity index (χ0v) is 23.5. The number of benzene rings is 2. The van der Waals surface area contributed by atoms with Crippen LogP contribution < -0.4 is 22.3 Å². The first kappa shape index (κ1) is 27.5. The molecule has 0 radical (unpaired) electrons.